The summed E-state index contributed by atoms with van der Waals surface area (Å²) < 4.78 is 37.8. The highest BCUT2D eigenvalue weighted by Crippen LogP contribution is 2.37. The minimum atomic E-state index is -4.24. The van der Waals surface area contributed by atoms with E-state index in [1.165, 1.54) is 0 Å². The zero-order valence-electron chi connectivity index (χ0n) is 10.8. The Morgan fingerprint density at radius 2 is 1.90 bits per heavy atom. The number of amides is 2. The fraction of sp³-hybridized carbons (Fsp3) is 0.818. The van der Waals surface area contributed by atoms with E-state index in [0.717, 1.165) is 0 Å². The van der Waals surface area contributed by atoms with E-state index in [-0.39, 0.29) is 31.7 Å². The van der Waals surface area contributed by atoms with Gasteiger partial charge in [-0.2, -0.15) is 13.2 Å². The lowest BCUT2D eigenvalue weighted by atomic mass is 9.85. The molecule has 5 N–H and O–H groups in total. The lowest BCUT2D eigenvalue weighted by Crippen LogP contribution is -2.49. The van der Waals surface area contributed by atoms with E-state index in [1.807, 2.05) is 0 Å². The zero-order chi connectivity index (χ0) is 14.6. The number of primary amides is 1. The van der Waals surface area contributed by atoms with Gasteiger partial charge in [-0.15, -0.1) is 12.4 Å². The molecule has 1 rings (SSSR count). The van der Waals surface area contributed by atoms with Gasteiger partial charge in [-0.25, -0.2) is 0 Å². The maximum Gasteiger partial charge on any atom is 0.391 e. The number of halogens is 4. The molecule has 1 aliphatic carbocycles. The van der Waals surface area contributed by atoms with Gasteiger partial charge in [0.1, 0.15) is 0 Å². The van der Waals surface area contributed by atoms with E-state index in [0.29, 0.717) is 12.8 Å². The van der Waals surface area contributed by atoms with Crippen LogP contribution in [0.4, 0.5) is 13.2 Å². The molecule has 0 heterocycles. The molecule has 1 aliphatic rings. The molecule has 3 atom stereocenters. The molecule has 0 bridgehead atoms. The minimum Gasteiger partial charge on any atom is -0.370 e. The number of hydrogen-bond donors (Lipinski definition) is 3. The minimum absolute atomic E-state index is 0. The van der Waals surface area contributed by atoms with Gasteiger partial charge in [0, 0.05) is 6.04 Å². The Hall–Kier alpha value is -1.02. The third-order valence-corrected chi connectivity index (χ3v) is 3.24. The van der Waals surface area contributed by atoms with Crippen LogP contribution >= 0.6 is 12.4 Å². The number of nitrogens with one attached hydrogen (secondary N) is 1. The average Bonchev–Trinajstić information content (AvgIpc) is 2.27. The van der Waals surface area contributed by atoms with Crippen LogP contribution in [0.3, 0.4) is 0 Å². The Bertz CT molecular complexity index is 352. The van der Waals surface area contributed by atoms with Crippen molar-refractivity contribution in [3.05, 3.63) is 0 Å². The summed E-state index contributed by atoms with van der Waals surface area (Å²) in [5, 5.41) is 2.45. The fourth-order valence-electron chi connectivity index (χ4n) is 2.24. The first-order valence-corrected chi connectivity index (χ1v) is 6.11. The van der Waals surface area contributed by atoms with Crippen LogP contribution in [0.25, 0.3) is 0 Å². The van der Waals surface area contributed by atoms with Crippen molar-refractivity contribution in [3.8, 4) is 0 Å². The summed E-state index contributed by atoms with van der Waals surface area (Å²) in [4.78, 5) is 22.2. The first kappa shape index (κ1) is 19.0. The highest BCUT2D eigenvalue weighted by atomic mass is 35.5. The van der Waals surface area contributed by atoms with Crippen LogP contribution in [0.1, 0.15) is 32.1 Å². The van der Waals surface area contributed by atoms with Crippen molar-refractivity contribution in [2.75, 3.05) is 0 Å². The number of nitrogens with two attached hydrogens (primary N) is 2. The molecule has 0 spiro atoms. The number of hydrogen-bond acceptors (Lipinski definition) is 3. The molecule has 0 saturated heterocycles. The van der Waals surface area contributed by atoms with E-state index < -0.39 is 36.0 Å². The van der Waals surface area contributed by atoms with Crippen molar-refractivity contribution < 1.29 is 22.8 Å². The summed E-state index contributed by atoms with van der Waals surface area (Å²) >= 11 is 0. The SMILES string of the molecule is Cl.NC(=O)CC(N)C(=O)NC1CCCC(C(F)(F)F)C1. The predicted molar refractivity (Wildman–Crippen MR) is 69.0 cm³/mol. The van der Waals surface area contributed by atoms with Crippen LogP contribution in [-0.4, -0.2) is 30.1 Å². The molecule has 1 fully saturated rings. The van der Waals surface area contributed by atoms with Crippen molar-refractivity contribution in [1.29, 1.82) is 0 Å². The van der Waals surface area contributed by atoms with E-state index in [4.69, 9.17) is 11.5 Å². The number of carbonyl (C=O) groups excluding carboxylic acids is 2. The Labute approximate surface area is 121 Å². The van der Waals surface area contributed by atoms with E-state index in [2.05, 4.69) is 5.32 Å². The van der Waals surface area contributed by atoms with E-state index in [9.17, 15) is 22.8 Å². The maximum absolute atomic E-state index is 12.6. The molecular formula is C11H19ClF3N3O2. The quantitative estimate of drug-likeness (QED) is 0.717. The normalized spacial score (nSPS) is 24.4. The van der Waals surface area contributed by atoms with Gasteiger partial charge >= 0.3 is 6.18 Å². The molecule has 1 saturated carbocycles. The van der Waals surface area contributed by atoms with Crippen molar-refractivity contribution in [3.63, 3.8) is 0 Å². The highest BCUT2D eigenvalue weighted by Gasteiger charge is 2.42. The largest absolute Gasteiger partial charge is 0.391 e. The molecule has 2 amide bonds. The average molecular weight is 318 g/mol. The van der Waals surface area contributed by atoms with Crippen LogP contribution in [0.15, 0.2) is 0 Å². The zero-order valence-corrected chi connectivity index (χ0v) is 11.6. The lowest BCUT2D eigenvalue weighted by Gasteiger charge is -2.31. The fourth-order valence-corrected chi connectivity index (χ4v) is 2.24. The molecule has 0 aromatic rings. The Kier molecular flexibility index (Phi) is 7.29. The third kappa shape index (κ3) is 5.96. The monoisotopic (exact) mass is 317 g/mol. The van der Waals surface area contributed by atoms with Gasteiger partial charge in [-0.1, -0.05) is 6.42 Å². The molecule has 0 aromatic heterocycles. The molecule has 3 unspecified atom stereocenters. The summed E-state index contributed by atoms with van der Waals surface area (Å²) in [5.41, 5.74) is 10.3. The van der Waals surface area contributed by atoms with Gasteiger partial charge in [0.15, 0.2) is 0 Å². The smallest absolute Gasteiger partial charge is 0.370 e. The summed E-state index contributed by atoms with van der Waals surface area (Å²) in [6.07, 6.45) is -3.72. The van der Waals surface area contributed by atoms with Gasteiger partial charge in [0.2, 0.25) is 11.8 Å². The molecule has 5 nitrogen and oxygen atoms in total. The Morgan fingerprint density at radius 1 is 1.30 bits per heavy atom. The summed E-state index contributed by atoms with van der Waals surface area (Å²) in [6.45, 7) is 0. The summed E-state index contributed by atoms with van der Waals surface area (Å²) in [6, 6.07) is -1.66. The van der Waals surface area contributed by atoms with Crippen LogP contribution in [0.2, 0.25) is 0 Å². The molecular weight excluding hydrogens is 299 g/mol. The van der Waals surface area contributed by atoms with Crippen LogP contribution < -0.4 is 16.8 Å². The van der Waals surface area contributed by atoms with Gasteiger partial charge in [-0.3, -0.25) is 9.59 Å². The maximum atomic E-state index is 12.6. The van der Waals surface area contributed by atoms with Gasteiger partial charge in [0.25, 0.3) is 0 Å². The topological polar surface area (TPSA) is 98.2 Å². The first-order chi connectivity index (χ1) is 8.70. The molecule has 20 heavy (non-hydrogen) atoms. The van der Waals surface area contributed by atoms with Crippen molar-refractivity contribution in [1.82, 2.24) is 5.32 Å². The molecule has 0 radical (unpaired) electrons. The lowest BCUT2D eigenvalue weighted by molar-refractivity contribution is -0.184. The Morgan fingerprint density at radius 3 is 2.40 bits per heavy atom. The van der Waals surface area contributed by atoms with Crippen LogP contribution in [0, 0.1) is 5.92 Å². The van der Waals surface area contributed by atoms with Gasteiger partial charge < -0.3 is 16.8 Å². The summed E-state index contributed by atoms with van der Waals surface area (Å²) in [5.74, 6) is -2.75. The predicted octanol–water partition coefficient (Wildman–Crippen LogP) is 0.848. The van der Waals surface area contributed by atoms with Gasteiger partial charge in [0.05, 0.1) is 18.4 Å². The Balaban J connectivity index is 0.00000361. The second-order valence-electron chi connectivity index (χ2n) is 4.89. The second-order valence-corrected chi connectivity index (χ2v) is 4.89. The highest BCUT2D eigenvalue weighted by molar-refractivity contribution is 5.87. The molecule has 9 heteroatoms. The van der Waals surface area contributed by atoms with Crippen molar-refractivity contribution in [2.24, 2.45) is 17.4 Å². The third-order valence-electron chi connectivity index (χ3n) is 3.24. The number of alkyl halides is 3. The van der Waals surface area contributed by atoms with Crippen LogP contribution in [-0.2, 0) is 9.59 Å². The van der Waals surface area contributed by atoms with Crippen molar-refractivity contribution >= 4 is 24.2 Å². The van der Waals surface area contributed by atoms with E-state index >= 15 is 0 Å². The van der Waals surface area contributed by atoms with Gasteiger partial charge in [-0.05, 0) is 19.3 Å². The molecule has 0 aromatic carbocycles. The first-order valence-electron chi connectivity index (χ1n) is 6.11. The van der Waals surface area contributed by atoms with Crippen molar-refractivity contribution in [2.45, 2.75) is 50.4 Å². The standard InChI is InChI=1S/C11H18F3N3O2.ClH/c12-11(13,14)6-2-1-3-7(4-6)17-10(19)8(15)5-9(16)18;/h6-8H,1-5,15H2,(H2,16,18)(H,17,19);1H. The second kappa shape index (κ2) is 7.68. The molecule has 118 valence electrons. The number of rotatable bonds is 4. The molecule has 0 aliphatic heterocycles. The van der Waals surface area contributed by atoms with Crippen LogP contribution in [0.5, 0.6) is 0 Å². The number of carbonyl (C=O) groups is 2. The van der Waals surface area contributed by atoms with E-state index in [1.54, 1.807) is 0 Å². The summed E-state index contributed by atoms with van der Waals surface area (Å²) in [7, 11) is 0.